The molecule has 1 unspecified atom stereocenters. The standard InChI is InChI=1S/C11H18ClN5/c1-11(2)5-3-4-8(11)15-9-7(12)6-14-10(16-9)17-13/h6,8H,3-5,13H2,1-2H3,(H2,14,15,16,17). The molecular formula is C11H18ClN5. The maximum Gasteiger partial charge on any atom is 0.239 e. The molecule has 1 aliphatic rings. The molecule has 17 heavy (non-hydrogen) atoms. The Balaban J connectivity index is 2.18. The lowest BCUT2D eigenvalue weighted by atomic mass is 9.87. The Hall–Kier alpha value is -1.07. The number of anilines is 2. The van der Waals surface area contributed by atoms with Crippen LogP contribution in [0.1, 0.15) is 33.1 Å². The van der Waals surface area contributed by atoms with Gasteiger partial charge in [0.25, 0.3) is 0 Å². The molecule has 1 fully saturated rings. The third-order valence-electron chi connectivity index (χ3n) is 3.44. The number of hydrogen-bond donors (Lipinski definition) is 3. The van der Waals surface area contributed by atoms with Crippen LogP contribution in [0, 0.1) is 5.41 Å². The van der Waals surface area contributed by atoms with Gasteiger partial charge in [-0.3, -0.25) is 5.43 Å². The average Bonchev–Trinajstić information content (AvgIpc) is 2.61. The molecule has 0 aromatic carbocycles. The quantitative estimate of drug-likeness (QED) is 0.571. The van der Waals surface area contributed by atoms with E-state index in [1.807, 2.05) is 0 Å². The molecular weight excluding hydrogens is 238 g/mol. The summed E-state index contributed by atoms with van der Waals surface area (Å²) >= 11 is 6.07. The zero-order valence-corrected chi connectivity index (χ0v) is 10.9. The lowest BCUT2D eigenvalue weighted by Gasteiger charge is -2.28. The van der Waals surface area contributed by atoms with Gasteiger partial charge >= 0.3 is 0 Å². The fourth-order valence-electron chi connectivity index (χ4n) is 2.30. The van der Waals surface area contributed by atoms with E-state index < -0.39 is 0 Å². The van der Waals surface area contributed by atoms with Crippen molar-refractivity contribution in [2.75, 3.05) is 10.7 Å². The van der Waals surface area contributed by atoms with E-state index in [4.69, 9.17) is 17.4 Å². The zero-order chi connectivity index (χ0) is 12.5. The molecule has 1 aliphatic carbocycles. The van der Waals surface area contributed by atoms with Crippen molar-refractivity contribution < 1.29 is 0 Å². The minimum Gasteiger partial charge on any atom is -0.365 e. The van der Waals surface area contributed by atoms with Crippen LogP contribution in [-0.4, -0.2) is 16.0 Å². The number of nitrogens with one attached hydrogen (secondary N) is 2. The Kier molecular flexibility index (Phi) is 3.40. The molecule has 0 spiro atoms. The molecule has 0 radical (unpaired) electrons. The van der Waals surface area contributed by atoms with Gasteiger partial charge in [0.2, 0.25) is 5.95 Å². The third kappa shape index (κ3) is 2.61. The van der Waals surface area contributed by atoms with Crippen LogP contribution in [0.3, 0.4) is 0 Å². The van der Waals surface area contributed by atoms with Gasteiger partial charge in [0.15, 0.2) is 5.82 Å². The SMILES string of the molecule is CC1(C)CCCC1Nc1nc(NN)ncc1Cl. The van der Waals surface area contributed by atoms with Gasteiger partial charge in [-0.15, -0.1) is 0 Å². The van der Waals surface area contributed by atoms with Crippen LogP contribution >= 0.6 is 11.6 Å². The third-order valence-corrected chi connectivity index (χ3v) is 3.72. The van der Waals surface area contributed by atoms with E-state index in [0.717, 1.165) is 6.42 Å². The van der Waals surface area contributed by atoms with Gasteiger partial charge in [0.1, 0.15) is 5.02 Å². The first-order chi connectivity index (χ1) is 8.03. The van der Waals surface area contributed by atoms with Crippen molar-refractivity contribution in [3.05, 3.63) is 11.2 Å². The molecule has 2 rings (SSSR count). The number of nitrogen functional groups attached to an aromatic ring is 1. The Morgan fingerprint density at radius 1 is 1.53 bits per heavy atom. The van der Waals surface area contributed by atoms with Crippen LogP contribution in [0.25, 0.3) is 0 Å². The molecule has 1 aromatic heterocycles. The van der Waals surface area contributed by atoms with Crippen LogP contribution in [0.5, 0.6) is 0 Å². The number of rotatable bonds is 3. The number of hydrazine groups is 1. The molecule has 0 aliphatic heterocycles. The monoisotopic (exact) mass is 255 g/mol. The Morgan fingerprint density at radius 2 is 2.29 bits per heavy atom. The van der Waals surface area contributed by atoms with Gasteiger partial charge in [0, 0.05) is 6.04 Å². The summed E-state index contributed by atoms with van der Waals surface area (Å²) in [5.74, 6) is 6.30. The topological polar surface area (TPSA) is 75.9 Å². The molecule has 0 bridgehead atoms. The van der Waals surface area contributed by atoms with E-state index in [0.29, 0.717) is 22.8 Å². The first-order valence-electron chi connectivity index (χ1n) is 5.78. The van der Waals surface area contributed by atoms with Gasteiger partial charge < -0.3 is 5.32 Å². The van der Waals surface area contributed by atoms with Crippen molar-refractivity contribution in [1.82, 2.24) is 9.97 Å². The molecule has 1 aromatic rings. The average molecular weight is 256 g/mol. The molecule has 94 valence electrons. The summed E-state index contributed by atoms with van der Waals surface area (Å²) in [6, 6.07) is 0.389. The predicted molar refractivity (Wildman–Crippen MR) is 69.9 cm³/mol. The maximum atomic E-state index is 6.07. The van der Waals surface area contributed by atoms with E-state index >= 15 is 0 Å². The second kappa shape index (κ2) is 4.66. The zero-order valence-electron chi connectivity index (χ0n) is 10.1. The van der Waals surface area contributed by atoms with Gasteiger partial charge in [0.05, 0.1) is 6.20 Å². The largest absolute Gasteiger partial charge is 0.365 e. The first kappa shape index (κ1) is 12.4. The summed E-state index contributed by atoms with van der Waals surface area (Å²) in [6.45, 7) is 4.52. The Labute approximate surface area is 106 Å². The smallest absolute Gasteiger partial charge is 0.239 e. The van der Waals surface area contributed by atoms with Crippen molar-refractivity contribution in [2.45, 2.75) is 39.2 Å². The van der Waals surface area contributed by atoms with Gasteiger partial charge in [-0.2, -0.15) is 4.98 Å². The molecule has 0 saturated heterocycles. The highest BCUT2D eigenvalue weighted by Crippen LogP contribution is 2.39. The van der Waals surface area contributed by atoms with E-state index in [2.05, 4.69) is 34.6 Å². The number of hydrogen-bond acceptors (Lipinski definition) is 5. The highest BCUT2D eigenvalue weighted by molar-refractivity contribution is 6.32. The van der Waals surface area contributed by atoms with Crippen LogP contribution in [-0.2, 0) is 0 Å². The van der Waals surface area contributed by atoms with Crippen molar-refractivity contribution >= 4 is 23.4 Å². The number of halogens is 1. The molecule has 5 nitrogen and oxygen atoms in total. The lowest BCUT2D eigenvalue weighted by molar-refractivity contribution is 0.349. The van der Waals surface area contributed by atoms with Crippen molar-refractivity contribution in [2.24, 2.45) is 11.3 Å². The van der Waals surface area contributed by atoms with Gasteiger partial charge in [-0.05, 0) is 18.3 Å². The minimum absolute atomic E-state index is 0.268. The Morgan fingerprint density at radius 3 is 2.88 bits per heavy atom. The Bertz CT molecular complexity index is 407. The molecule has 1 saturated carbocycles. The van der Waals surface area contributed by atoms with E-state index in [1.165, 1.54) is 12.8 Å². The van der Waals surface area contributed by atoms with Crippen LogP contribution in [0.15, 0.2) is 6.20 Å². The molecule has 0 amide bonds. The predicted octanol–water partition coefficient (Wildman–Crippen LogP) is 2.41. The summed E-state index contributed by atoms with van der Waals surface area (Å²) in [5.41, 5.74) is 2.69. The van der Waals surface area contributed by atoms with Crippen molar-refractivity contribution in [3.8, 4) is 0 Å². The first-order valence-corrected chi connectivity index (χ1v) is 6.16. The molecule has 1 atom stereocenters. The van der Waals surface area contributed by atoms with Crippen LogP contribution in [0.2, 0.25) is 5.02 Å². The van der Waals surface area contributed by atoms with Crippen LogP contribution < -0.4 is 16.6 Å². The number of nitrogens with two attached hydrogens (primary N) is 1. The van der Waals surface area contributed by atoms with Gasteiger partial charge in [-0.25, -0.2) is 10.8 Å². The lowest BCUT2D eigenvalue weighted by Crippen LogP contribution is -2.31. The van der Waals surface area contributed by atoms with E-state index in [-0.39, 0.29) is 5.41 Å². The van der Waals surface area contributed by atoms with Crippen LogP contribution in [0.4, 0.5) is 11.8 Å². The minimum atomic E-state index is 0.268. The van der Waals surface area contributed by atoms with E-state index in [1.54, 1.807) is 6.20 Å². The van der Waals surface area contributed by atoms with Gasteiger partial charge in [-0.1, -0.05) is 31.9 Å². The summed E-state index contributed by atoms with van der Waals surface area (Å²) < 4.78 is 0. The second-order valence-corrected chi connectivity index (χ2v) is 5.52. The molecule has 4 N–H and O–H groups in total. The second-order valence-electron chi connectivity index (χ2n) is 5.11. The highest BCUT2D eigenvalue weighted by atomic mass is 35.5. The van der Waals surface area contributed by atoms with Crippen molar-refractivity contribution in [3.63, 3.8) is 0 Å². The molecule has 6 heteroatoms. The summed E-state index contributed by atoms with van der Waals surface area (Å²) in [6.07, 6.45) is 5.14. The number of aromatic nitrogens is 2. The highest BCUT2D eigenvalue weighted by Gasteiger charge is 2.34. The van der Waals surface area contributed by atoms with E-state index in [9.17, 15) is 0 Å². The number of nitrogens with zero attached hydrogens (tertiary/aromatic N) is 2. The normalized spacial score (nSPS) is 22.5. The van der Waals surface area contributed by atoms with Crippen molar-refractivity contribution in [1.29, 1.82) is 0 Å². The fourth-order valence-corrected chi connectivity index (χ4v) is 2.44. The summed E-state index contributed by atoms with van der Waals surface area (Å²) in [5, 5.41) is 3.92. The fraction of sp³-hybridized carbons (Fsp3) is 0.636. The summed E-state index contributed by atoms with van der Waals surface area (Å²) in [7, 11) is 0. The summed E-state index contributed by atoms with van der Waals surface area (Å²) in [4.78, 5) is 8.18. The maximum absolute atomic E-state index is 6.07. The molecule has 1 heterocycles.